The van der Waals surface area contributed by atoms with Gasteiger partial charge < -0.3 is 5.73 Å². The molecule has 1 saturated carbocycles. The first-order valence-corrected chi connectivity index (χ1v) is 7.46. The Bertz CT molecular complexity index is 826. The Labute approximate surface area is 132 Å². The number of halogens is 1. The van der Waals surface area contributed by atoms with E-state index in [-0.39, 0.29) is 17.8 Å². The van der Waals surface area contributed by atoms with Crippen LogP contribution in [0, 0.1) is 5.82 Å². The van der Waals surface area contributed by atoms with Crippen molar-refractivity contribution in [3.63, 3.8) is 0 Å². The fourth-order valence-electron chi connectivity index (χ4n) is 2.88. The molecule has 0 unspecified atom stereocenters. The number of nitrogens with two attached hydrogens (primary N) is 1. The van der Waals surface area contributed by atoms with E-state index in [9.17, 15) is 4.39 Å². The number of aromatic nitrogens is 5. The van der Waals surface area contributed by atoms with Gasteiger partial charge >= 0.3 is 0 Å². The van der Waals surface area contributed by atoms with Crippen LogP contribution >= 0.6 is 0 Å². The van der Waals surface area contributed by atoms with E-state index in [1.165, 1.54) is 6.07 Å². The molecule has 7 heteroatoms. The lowest BCUT2D eigenvalue weighted by Crippen LogP contribution is -2.36. The predicted molar refractivity (Wildman–Crippen MR) is 82.3 cm³/mol. The molecule has 6 nitrogen and oxygen atoms in total. The fourth-order valence-corrected chi connectivity index (χ4v) is 2.88. The molecular formula is C16H15FN6. The molecule has 0 saturated heterocycles. The van der Waals surface area contributed by atoms with Gasteiger partial charge in [0.15, 0.2) is 5.82 Å². The molecule has 2 heterocycles. The summed E-state index contributed by atoms with van der Waals surface area (Å²) in [5.74, 6) is 1.06. The van der Waals surface area contributed by atoms with Crippen LogP contribution in [0.2, 0.25) is 0 Å². The van der Waals surface area contributed by atoms with E-state index >= 15 is 0 Å². The average Bonchev–Trinajstić information content (AvgIpc) is 2.97. The van der Waals surface area contributed by atoms with Gasteiger partial charge in [0.1, 0.15) is 17.3 Å². The number of hydrogen-bond donors (Lipinski definition) is 1. The van der Waals surface area contributed by atoms with Crippen molar-refractivity contribution in [1.29, 1.82) is 0 Å². The maximum Gasteiger partial charge on any atom is 0.188 e. The van der Waals surface area contributed by atoms with E-state index in [0.29, 0.717) is 17.2 Å². The van der Waals surface area contributed by atoms with Crippen molar-refractivity contribution in [1.82, 2.24) is 24.7 Å². The molecule has 0 aliphatic heterocycles. The summed E-state index contributed by atoms with van der Waals surface area (Å²) >= 11 is 0. The van der Waals surface area contributed by atoms with Crippen molar-refractivity contribution in [2.45, 2.75) is 24.8 Å². The maximum atomic E-state index is 14.4. The van der Waals surface area contributed by atoms with Crippen LogP contribution in [0.15, 0.2) is 42.9 Å². The first kappa shape index (κ1) is 14.0. The molecule has 116 valence electrons. The molecule has 0 amide bonds. The number of benzene rings is 1. The van der Waals surface area contributed by atoms with Gasteiger partial charge in [-0.15, -0.1) is 10.2 Å². The Morgan fingerprint density at radius 2 is 1.96 bits per heavy atom. The minimum absolute atomic E-state index is 0.172. The second-order valence-corrected chi connectivity index (χ2v) is 5.69. The van der Waals surface area contributed by atoms with E-state index in [2.05, 4.69) is 20.2 Å². The van der Waals surface area contributed by atoms with E-state index in [1.807, 2.05) is 0 Å². The van der Waals surface area contributed by atoms with Crippen LogP contribution < -0.4 is 5.73 Å². The second kappa shape index (κ2) is 5.51. The van der Waals surface area contributed by atoms with Gasteiger partial charge in [-0.3, -0.25) is 9.55 Å². The number of rotatable bonds is 3. The van der Waals surface area contributed by atoms with Crippen LogP contribution in [-0.4, -0.2) is 30.8 Å². The zero-order valence-electron chi connectivity index (χ0n) is 12.3. The second-order valence-electron chi connectivity index (χ2n) is 5.69. The van der Waals surface area contributed by atoms with Crippen molar-refractivity contribution in [2.75, 3.05) is 0 Å². The minimum Gasteiger partial charge on any atom is -0.328 e. The summed E-state index contributed by atoms with van der Waals surface area (Å²) in [6.07, 6.45) is 6.41. The summed E-state index contributed by atoms with van der Waals surface area (Å²) in [5, 5.41) is 8.52. The van der Waals surface area contributed by atoms with Crippen molar-refractivity contribution < 1.29 is 4.39 Å². The topological polar surface area (TPSA) is 82.5 Å². The standard InChI is InChI=1S/C16H15FN6/c17-12-3-1-2-4-14(12)23-15(10-7-11(18)8-10)21-22-16(23)13-9-19-5-6-20-13/h1-6,9-11H,7-8,18H2. The van der Waals surface area contributed by atoms with Gasteiger partial charge in [0.25, 0.3) is 0 Å². The minimum atomic E-state index is -0.331. The van der Waals surface area contributed by atoms with Gasteiger partial charge in [-0.2, -0.15) is 0 Å². The van der Waals surface area contributed by atoms with E-state index in [0.717, 1.165) is 18.7 Å². The van der Waals surface area contributed by atoms with Crippen LogP contribution in [0.3, 0.4) is 0 Å². The van der Waals surface area contributed by atoms with Crippen LogP contribution in [-0.2, 0) is 0 Å². The highest BCUT2D eigenvalue weighted by molar-refractivity contribution is 5.53. The molecule has 1 fully saturated rings. The van der Waals surface area contributed by atoms with E-state index < -0.39 is 0 Å². The maximum absolute atomic E-state index is 14.4. The van der Waals surface area contributed by atoms with Gasteiger partial charge in [-0.05, 0) is 25.0 Å². The van der Waals surface area contributed by atoms with Gasteiger partial charge in [-0.25, -0.2) is 9.37 Å². The monoisotopic (exact) mass is 310 g/mol. The highest BCUT2D eigenvalue weighted by Crippen LogP contribution is 2.37. The Balaban J connectivity index is 1.89. The third-order valence-electron chi connectivity index (χ3n) is 4.11. The molecule has 23 heavy (non-hydrogen) atoms. The lowest BCUT2D eigenvalue weighted by molar-refractivity contribution is 0.334. The van der Waals surface area contributed by atoms with Crippen LogP contribution in [0.1, 0.15) is 24.6 Å². The quantitative estimate of drug-likeness (QED) is 0.800. The zero-order chi connectivity index (χ0) is 15.8. The molecule has 0 spiro atoms. The normalized spacial score (nSPS) is 20.3. The van der Waals surface area contributed by atoms with Crippen molar-refractivity contribution in [2.24, 2.45) is 5.73 Å². The molecule has 1 aromatic carbocycles. The largest absolute Gasteiger partial charge is 0.328 e. The fraction of sp³-hybridized carbons (Fsp3) is 0.250. The number of nitrogens with zero attached hydrogens (tertiary/aromatic N) is 5. The average molecular weight is 310 g/mol. The Kier molecular flexibility index (Phi) is 3.34. The highest BCUT2D eigenvalue weighted by Gasteiger charge is 2.33. The SMILES string of the molecule is NC1CC(c2nnc(-c3cnccn3)n2-c2ccccc2F)C1. The number of para-hydroxylation sites is 1. The molecule has 3 aromatic rings. The molecular weight excluding hydrogens is 295 g/mol. The third kappa shape index (κ3) is 2.39. The lowest BCUT2D eigenvalue weighted by Gasteiger charge is -2.31. The smallest absolute Gasteiger partial charge is 0.188 e. The van der Waals surface area contributed by atoms with Crippen molar-refractivity contribution >= 4 is 0 Å². The Morgan fingerprint density at radius 3 is 2.65 bits per heavy atom. The Morgan fingerprint density at radius 1 is 1.13 bits per heavy atom. The van der Waals surface area contributed by atoms with Crippen molar-refractivity contribution in [3.05, 3.63) is 54.5 Å². The summed E-state index contributed by atoms with van der Waals surface area (Å²) < 4.78 is 16.1. The molecule has 4 rings (SSSR count). The Hall–Kier alpha value is -2.67. The van der Waals surface area contributed by atoms with Crippen LogP contribution in [0.5, 0.6) is 0 Å². The molecule has 0 radical (unpaired) electrons. The van der Waals surface area contributed by atoms with Gasteiger partial charge in [-0.1, -0.05) is 12.1 Å². The first-order chi connectivity index (χ1) is 11.2. The third-order valence-corrected chi connectivity index (χ3v) is 4.11. The van der Waals surface area contributed by atoms with Crippen LogP contribution in [0.4, 0.5) is 4.39 Å². The summed E-state index contributed by atoms with van der Waals surface area (Å²) in [6.45, 7) is 0. The zero-order valence-corrected chi connectivity index (χ0v) is 12.3. The van der Waals surface area contributed by atoms with Crippen LogP contribution in [0.25, 0.3) is 17.2 Å². The highest BCUT2D eigenvalue weighted by atomic mass is 19.1. The molecule has 0 bridgehead atoms. The van der Waals surface area contributed by atoms with Gasteiger partial charge in [0.05, 0.1) is 11.9 Å². The molecule has 2 N–H and O–H groups in total. The van der Waals surface area contributed by atoms with Gasteiger partial charge in [0, 0.05) is 24.4 Å². The summed E-state index contributed by atoms with van der Waals surface area (Å²) in [4.78, 5) is 8.32. The summed E-state index contributed by atoms with van der Waals surface area (Å²) in [7, 11) is 0. The lowest BCUT2D eigenvalue weighted by atomic mass is 9.80. The van der Waals surface area contributed by atoms with E-state index in [1.54, 1.807) is 41.4 Å². The van der Waals surface area contributed by atoms with Crippen molar-refractivity contribution in [3.8, 4) is 17.2 Å². The molecule has 0 atom stereocenters. The summed E-state index contributed by atoms with van der Waals surface area (Å²) in [5.41, 5.74) is 6.85. The first-order valence-electron chi connectivity index (χ1n) is 7.46. The molecule has 1 aliphatic rings. The number of hydrogen-bond acceptors (Lipinski definition) is 5. The van der Waals surface area contributed by atoms with E-state index in [4.69, 9.17) is 5.73 Å². The molecule has 1 aliphatic carbocycles. The predicted octanol–water partition coefficient (Wildman–Crippen LogP) is 2.07. The van der Waals surface area contributed by atoms with Gasteiger partial charge in [0.2, 0.25) is 0 Å². The summed E-state index contributed by atoms with van der Waals surface area (Å²) in [6, 6.07) is 6.75. The molecule has 2 aromatic heterocycles.